The second kappa shape index (κ2) is 11.1. The molecule has 1 aliphatic rings. The van der Waals surface area contributed by atoms with Crippen molar-refractivity contribution in [2.75, 3.05) is 13.2 Å². The van der Waals surface area contributed by atoms with Crippen LogP contribution >= 0.6 is 0 Å². The summed E-state index contributed by atoms with van der Waals surface area (Å²) in [5.74, 6) is -1.25. The number of hydrogen-bond donors (Lipinski definition) is 3. The Morgan fingerprint density at radius 2 is 2.00 bits per heavy atom. The smallest absolute Gasteiger partial charge is 0.243 e. The lowest BCUT2D eigenvalue weighted by Gasteiger charge is -2.29. The number of azide groups is 1. The molecule has 0 bridgehead atoms. The summed E-state index contributed by atoms with van der Waals surface area (Å²) in [5.41, 5.74) is 12.4. The van der Waals surface area contributed by atoms with Crippen molar-refractivity contribution in [3.05, 3.63) is 64.3 Å². The number of β-amino-alcohol motifs (C(OH)–C–C–N with tert-alkyl or cyclic N) is 1. The number of benzene rings is 1. The lowest BCUT2D eigenvalue weighted by Crippen LogP contribution is -2.50. The molecule has 0 saturated carbocycles. The highest BCUT2D eigenvalue weighted by Crippen LogP contribution is 2.26. The van der Waals surface area contributed by atoms with Crippen molar-refractivity contribution in [2.45, 2.75) is 51.4 Å². The minimum atomic E-state index is -0.970. The van der Waals surface area contributed by atoms with E-state index in [9.17, 15) is 19.8 Å². The normalized spacial score (nSPS) is 19.4. The van der Waals surface area contributed by atoms with E-state index in [4.69, 9.17) is 5.53 Å². The molecule has 2 heterocycles. The second-order valence-corrected chi connectivity index (χ2v) is 8.79. The van der Waals surface area contributed by atoms with Crippen LogP contribution < -0.4 is 5.32 Å². The highest BCUT2D eigenvalue weighted by atomic mass is 16.3. The van der Waals surface area contributed by atoms with E-state index in [2.05, 4.69) is 20.3 Å². The van der Waals surface area contributed by atoms with E-state index in [1.165, 1.54) is 4.90 Å². The van der Waals surface area contributed by atoms with Gasteiger partial charge in [-0.15, -0.1) is 0 Å². The Kier molecular flexibility index (Phi) is 8.22. The Morgan fingerprint density at radius 3 is 2.59 bits per heavy atom. The summed E-state index contributed by atoms with van der Waals surface area (Å²) < 4.78 is 0. The van der Waals surface area contributed by atoms with Gasteiger partial charge < -0.3 is 20.4 Å². The van der Waals surface area contributed by atoms with Crippen LogP contribution in [0.5, 0.6) is 0 Å². The first kappa shape index (κ1) is 25.2. The predicted octanol–water partition coefficient (Wildman–Crippen LogP) is 2.50. The first-order valence-electron chi connectivity index (χ1n) is 11.2. The molecular formula is C24H30N6O4. The summed E-state index contributed by atoms with van der Waals surface area (Å²) in [5, 5.41) is 26.5. The molecule has 2 aromatic rings. The maximum atomic E-state index is 13.1. The van der Waals surface area contributed by atoms with Gasteiger partial charge in [0.15, 0.2) is 0 Å². The van der Waals surface area contributed by atoms with Crippen molar-refractivity contribution in [1.29, 1.82) is 0 Å². The molecule has 2 amide bonds. The molecule has 3 rings (SSSR count). The van der Waals surface area contributed by atoms with Crippen LogP contribution in [-0.4, -0.2) is 63.3 Å². The highest BCUT2D eigenvalue weighted by molar-refractivity contribution is 5.91. The van der Waals surface area contributed by atoms with Gasteiger partial charge in [-0.05, 0) is 35.6 Å². The van der Waals surface area contributed by atoms with E-state index in [0.717, 1.165) is 16.8 Å². The first-order valence-corrected chi connectivity index (χ1v) is 11.2. The number of aromatic nitrogens is 1. The quantitative estimate of drug-likeness (QED) is 0.310. The molecule has 10 nitrogen and oxygen atoms in total. The van der Waals surface area contributed by atoms with E-state index in [-0.39, 0.29) is 25.5 Å². The second-order valence-electron chi connectivity index (χ2n) is 8.79. The van der Waals surface area contributed by atoms with Gasteiger partial charge in [0.1, 0.15) is 12.1 Å². The van der Waals surface area contributed by atoms with E-state index in [1.807, 2.05) is 43.3 Å². The zero-order chi connectivity index (χ0) is 24.8. The van der Waals surface area contributed by atoms with Crippen molar-refractivity contribution < 1.29 is 19.8 Å². The summed E-state index contributed by atoms with van der Waals surface area (Å²) >= 11 is 0. The third-order valence-corrected chi connectivity index (χ3v) is 6.06. The molecule has 0 unspecified atom stereocenters. The van der Waals surface area contributed by atoms with Gasteiger partial charge in [-0.3, -0.25) is 14.6 Å². The van der Waals surface area contributed by atoms with Crippen LogP contribution in [0.2, 0.25) is 0 Å². The molecule has 1 fully saturated rings. The maximum Gasteiger partial charge on any atom is 0.243 e. The Morgan fingerprint density at radius 1 is 1.29 bits per heavy atom. The number of aliphatic hydroxyl groups is 2. The fraction of sp³-hybridized carbons (Fsp3) is 0.458. The molecular weight excluding hydrogens is 436 g/mol. The minimum Gasteiger partial charge on any atom is -0.394 e. The zero-order valence-electron chi connectivity index (χ0n) is 19.5. The number of hydrogen-bond acceptors (Lipinski definition) is 6. The van der Waals surface area contributed by atoms with Gasteiger partial charge in [-0.1, -0.05) is 49.3 Å². The van der Waals surface area contributed by atoms with Gasteiger partial charge >= 0.3 is 0 Å². The summed E-state index contributed by atoms with van der Waals surface area (Å²) in [6, 6.07) is 8.70. The van der Waals surface area contributed by atoms with Crippen LogP contribution in [0.15, 0.2) is 47.7 Å². The maximum absolute atomic E-state index is 13.1. The van der Waals surface area contributed by atoms with Crippen molar-refractivity contribution in [1.82, 2.24) is 15.2 Å². The molecule has 3 N–H and O–H groups in total. The monoisotopic (exact) mass is 466 g/mol. The summed E-state index contributed by atoms with van der Waals surface area (Å²) in [6.45, 7) is 5.06. The lowest BCUT2D eigenvalue weighted by atomic mass is 10.00. The van der Waals surface area contributed by atoms with Crippen LogP contribution in [0.3, 0.4) is 0 Å². The van der Waals surface area contributed by atoms with Crippen LogP contribution in [-0.2, 0) is 9.59 Å². The molecule has 1 aliphatic heterocycles. The summed E-state index contributed by atoms with van der Waals surface area (Å²) in [4.78, 5) is 34.4. The topological polar surface area (TPSA) is 152 Å². The number of rotatable bonds is 8. The number of likely N-dealkylation sites (tertiary alicyclic amines) is 1. The van der Waals surface area contributed by atoms with E-state index in [0.29, 0.717) is 5.56 Å². The number of carbonyl (C=O) groups is 2. The fourth-order valence-corrected chi connectivity index (χ4v) is 4.19. The van der Waals surface area contributed by atoms with Crippen molar-refractivity contribution in [3.8, 4) is 11.1 Å². The number of nitrogens with one attached hydrogen (secondary N) is 1. The average molecular weight is 467 g/mol. The number of nitrogens with zero attached hydrogens (tertiary/aromatic N) is 5. The average Bonchev–Trinajstić information content (AvgIpc) is 3.22. The number of pyridine rings is 1. The Labute approximate surface area is 198 Å². The van der Waals surface area contributed by atoms with Crippen molar-refractivity contribution >= 4 is 11.8 Å². The largest absolute Gasteiger partial charge is 0.394 e. The Balaban J connectivity index is 1.76. The zero-order valence-corrected chi connectivity index (χ0v) is 19.5. The van der Waals surface area contributed by atoms with Gasteiger partial charge in [0.2, 0.25) is 11.8 Å². The molecule has 10 heteroatoms. The van der Waals surface area contributed by atoms with Crippen LogP contribution in [0.4, 0.5) is 0 Å². The molecule has 1 aromatic heterocycles. The minimum absolute atomic E-state index is 0.0238. The third kappa shape index (κ3) is 5.53. The fourth-order valence-electron chi connectivity index (χ4n) is 4.19. The highest BCUT2D eigenvalue weighted by Gasteiger charge is 2.42. The number of aliphatic hydroxyl groups excluding tert-OH is 2. The molecule has 4 atom stereocenters. The van der Waals surface area contributed by atoms with E-state index in [1.54, 1.807) is 20.0 Å². The van der Waals surface area contributed by atoms with Gasteiger partial charge in [0, 0.05) is 35.3 Å². The van der Waals surface area contributed by atoms with Gasteiger partial charge in [-0.25, -0.2) is 0 Å². The number of amides is 2. The predicted molar refractivity (Wildman–Crippen MR) is 126 cm³/mol. The van der Waals surface area contributed by atoms with Crippen LogP contribution in [0.1, 0.15) is 37.6 Å². The molecule has 0 aliphatic carbocycles. The van der Waals surface area contributed by atoms with E-state index >= 15 is 0 Å². The SMILES string of the molecule is Cc1ncccc1-c1ccc([C@H](CO)NC(=O)[C@@H]2C[C@@H](O)CN2C(=O)[C@@H](N=[N+]=[N-])C(C)C)cc1. The lowest BCUT2D eigenvalue weighted by molar-refractivity contribution is -0.140. The summed E-state index contributed by atoms with van der Waals surface area (Å²) in [7, 11) is 0. The molecule has 180 valence electrons. The number of aryl methyl sites for hydroxylation is 1. The van der Waals surface area contributed by atoms with Gasteiger partial charge in [0.05, 0.1) is 18.8 Å². The van der Waals surface area contributed by atoms with Crippen molar-refractivity contribution in [2.24, 2.45) is 11.0 Å². The van der Waals surface area contributed by atoms with Crippen LogP contribution in [0, 0.1) is 12.8 Å². The Bertz CT molecular complexity index is 1070. The van der Waals surface area contributed by atoms with Crippen LogP contribution in [0.25, 0.3) is 21.6 Å². The number of carbonyl (C=O) groups excluding carboxylic acids is 2. The Hall–Kier alpha value is -3.46. The molecule has 34 heavy (non-hydrogen) atoms. The molecule has 0 spiro atoms. The van der Waals surface area contributed by atoms with E-state index < -0.39 is 36.0 Å². The van der Waals surface area contributed by atoms with Gasteiger partial charge in [-0.2, -0.15) is 0 Å². The molecule has 1 aromatic carbocycles. The molecule has 1 saturated heterocycles. The van der Waals surface area contributed by atoms with Crippen molar-refractivity contribution in [3.63, 3.8) is 0 Å². The first-order chi connectivity index (χ1) is 16.3. The van der Waals surface area contributed by atoms with Gasteiger partial charge in [0.25, 0.3) is 0 Å². The standard InChI is InChI=1S/C24H30N6O4/c1-14(2)22(28-29-25)24(34)30-12-18(32)11-21(30)23(33)27-20(13-31)17-8-6-16(7-9-17)19-5-4-10-26-15(19)3/h4-10,14,18,20-22,31-32H,11-13H2,1-3H3,(H,27,33)/t18-,20+,21+,22+/m1/s1. The third-order valence-electron chi connectivity index (χ3n) is 6.06. The summed E-state index contributed by atoms with van der Waals surface area (Å²) in [6.07, 6.45) is 0.929. The molecule has 0 radical (unpaired) electrons.